The van der Waals surface area contributed by atoms with Crippen molar-refractivity contribution >= 4 is 11.6 Å². The van der Waals surface area contributed by atoms with Crippen molar-refractivity contribution in [2.75, 3.05) is 13.1 Å². The number of nitrogens with one attached hydrogen (secondary N) is 1. The highest BCUT2D eigenvalue weighted by molar-refractivity contribution is 5.92. The molecule has 1 N–H and O–H groups in total. The van der Waals surface area contributed by atoms with Crippen LogP contribution in [-0.2, 0) is 13.1 Å². The van der Waals surface area contributed by atoms with Gasteiger partial charge in [0.1, 0.15) is 11.3 Å². The Morgan fingerprint density at radius 1 is 1.07 bits per heavy atom. The van der Waals surface area contributed by atoms with Crippen LogP contribution in [0.4, 0.5) is 0 Å². The molecule has 5 nitrogen and oxygen atoms in total. The number of amides is 1. The number of benzene rings is 1. The smallest absolute Gasteiger partial charge is 0.271 e. The molecule has 3 heterocycles. The Labute approximate surface area is 160 Å². The first kappa shape index (κ1) is 17.7. The molecule has 1 aliphatic heterocycles. The van der Waals surface area contributed by atoms with Gasteiger partial charge in [0.15, 0.2) is 0 Å². The molecule has 0 aliphatic carbocycles. The molecular formula is C22H26N4O. The zero-order chi connectivity index (χ0) is 18.6. The lowest BCUT2D eigenvalue weighted by Gasteiger charge is -2.26. The van der Waals surface area contributed by atoms with E-state index in [0.717, 1.165) is 23.3 Å². The molecule has 0 radical (unpaired) electrons. The largest absolute Gasteiger partial charge is 0.347 e. The van der Waals surface area contributed by atoms with Crippen molar-refractivity contribution in [3.8, 4) is 0 Å². The number of hydrogen-bond donors (Lipinski definition) is 1. The number of pyridine rings is 1. The maximum atomic E-state index is 12.4. The second-order valence-corrected chi connectivity index (χ2v) is 7.43. The lowest BCUT2D eigenvalue weighted by Crippen LogP contribution is -2.29. The van der Waals surface area contributed by atoms with E-state index in [2.05, 4.69) is 39.5 Å². The SMILES string of the molecule is Cc1ccn2cc(C(=O)NCc3ccc(CN4CCCCC4)cc3)nc2c1. The fourth-order valence-corrected chi connectivity index (χ4v) is 3.60. The molecule has 2 aromatic heterocycles. The number of piperidine rings is 1. The summed E-state index contributed by atoms with van der Waals surface area (Å²) in [4.78, 5) is 19.3. The van der Waals surface area contributed by atoms with E-state index < -0.39 is 0 Å². The summed E-state index contributed by atoms with van der Waals surface area (Å²) in [6.45, 7) is 5.96. The molecular weight excluding hydrogens is 336 g/mol. The van der Waals surface area contributed by atoms with Crippen LogP contribution in [0.1, 0.15) is 46.4 Å². The number of aryl methyl sites for hydroxylation is 1. The predicted octanol–water partition coefficient (Wildman–Crippen LogP) is 3.56. The first-order valence-electron chi connectivity index (χ1n) is 9.71. The molecule has 0 spiro atoms. The molecule has 1 saturated heterocycles. The highest BCUT2D eigenvalue weighted by atomic mass is 16.1. The minimum atomic E-state index is -0.145. The zero-order valence-electron chi connectivity index (χ0n) is 15.8. The van der Waals surface area contributed by atoms with Crippen LogP contribution in [0, 0.1) is 6.92 Å². The lowest BCUT2D eigenvalue weighted by atomic mass is 10.1. The molecule has 0 bridgehead atoms. The van der Waals surface area contributed by atoms with E-state index in [-0.39, 0.29) is 5.91 Å². The van der Waals surface area contributed by atoms with Crippen molar-refractivity contribution < 1.29 is 4.79 Å². The van der Waals surface area contributed by atoms with E-state index in [9.17, 15) is 4.79 Å². The molecule has 0 saturated carbocycles. The minimum Gasteiger partial charge on any atom is -0.347 e. The highest BCUT2D eigenvalue weighted by Gasteiger charge is 2.12. The molecule has 3 aromatic rings. The molecule has 1 aliphatic rings. The van der Waals surface area contributed by atoms with Gasteiger partial charge >= 0.3 is 0 Å². The molecule has 1 fully saturated rings. The number of rotatable bonds is 5. The fourth-order valence-electron chi connectivity index (χ4n) is 3.60. The van der Waals surface area contributed by atoms with Crippen LogP contribution in [-0.4, -0.2) is 33.3 Å². The number of hydrogen-bond acceptors (Lipinski definition) is 3. The van der Waals surface area contributed by atoms with Crippen molar-refractivity contribution in [1.29, 1.82) is 0 Å². The molecule has 27 heavy (non-hydrogen) atoms. The van der Waals surface area contributed by atoms with Gasteiger partial charge < -0.3 is 9.72 Å². The Hall–Kier alpha value is -2.66. The van der Waals surface area contributed by atoms with Crippen LogP contribution in [0.25, 0.3) is 5.65 Å². The number of imidazole rings is 1. The molecule has 0 atom stereocenters. The first-order chi connectivity index (χ1) is 13.2. The Morgan fingerprint density at radius 3 is 2.59 bits per heavy atom. The lowest BCUT2D eigenvalue weighted by molar-refractivity contribution is 0.0946. The summed E-state index contributed by atoms with van der Waals surface area (Å²) in [6.07, 6.45) is 7.68. The average molecular weight is 362 g/mol. The van der Waals surface area contributed by atoms with Crippen LogP contribution >= 0.6 is 0 Å². The average Bonchev–Trinajstić information content (AvgIpc) is 3.11. The molecule has 0 unspecified atom stereocenters. The first-order valence-corrected chi connectivity index (χ1v) is 9.71. The van der Waals surface area contributed by atoms with Crippen molar-refractivity contribution in [3.63, 3.8) is 0 Å². The third kappa shape index (κ3) is 4.37. The predicted molar refractivity (Wildman–Crippen MR) is 107 cm³/mol. The van der Waals surface area contributed by atoms with Gasteiger partial charge in [-0.1, -0.05) is 30.7 Å². The normalized spacial score (nSPS) is 15.1. The van der Waals surface area contributed by atoms with Gasteiger partial charge in [-0.2, -0.15) is 0 Å². The summed E-state index contributed by atoms with van der Waals surface area (Å²) in [5.74, 6) is -0.145. The Bertz CT molecular complexity index is 923. The van der Waals surface area contributed by atoms with Crippen LogP contribution in [0.2, 0.25) is 0 Å². The summed E-state index contributed by atoms with van der Waals surface area (Å²) in [5.41, 5.74) is 4.81. The summed E-state index contributed by atoms with van der Waals surface area (Å²) in [7, 11) is 0. The van der Waals surface area contributed by atoms with Gasteiger partial charge in [-0.3, -0.25) is 9.69 Å². The number of fused-ring (bicyclic) bond motifs is 1. The molecule has 5 heteroatoms. The van der Waals surface area contributed by atoms with Gasteiger partial charge in [0, 0.05) is 25.5 Å². The monoisotopic (exact) mass is 362 g/mol. The quantitative estimate of drug-likeness (QED) is 0.755. The minimum absolute atomic E-state index is 0.145. The van der Waals surface area contributed by atoms with E-state index in [1.807, 2.05) is 29.7 Å². The van der Waals surface area contributed by atoms with Gasteiger partial charge in [-0.05, 0) is 61.7 Å². The Balaban J connectivity index is 1.34. The maximum Gasteiger partial charge on any atom is 0.271 e. The third-order valence-corrected chi connectivity index (χ3v) is 5.18. The number of carbonyl (C=O) groups is 1. The second kappa shape index (κ2) is 7.92. The molecule has 1 amide bonds. The van der Waals surface area contributed by atoms with Crippen LogP contribution in [0.3, 0.4) is 0 Å². The van der Waals surface area contributed by atoms with E-state index >= 15 is 0 Å². The van der Waals surface area contributed by atoms with Gasteiger partial charge in [-0.15, -0.1) is 0 Å². The zero-order valence-corrected chi connectivity index (χ0v) is 15.8. The number of aromatic nitrogens is 2. The van der Waals surface area contributed by atoms with Gasteiger partial charge in [-0.25, -0.2) is 4.98 Å². The van der Waals surface area contributed by atoms with Crippen molar-refractivity contribution in [1.82, 2.24) is 19.6 Å². The summed E-state index contributed by atoms with van der Waals surface area (Å²) in [6, 6.07) is 12.5. The molecule has 140 valence electrons. The second-order valence-electron chi connectivity index (χ2n) is 7.43. The molecule has 1 aromatic carbocycles. The van der Waals surface area contributed by atoms with Crippen molar-refractivity contribution in [2.24, 2.45) is 0 Å². The Kier molecular flexibility index (Phi) is 5.21. The third-order valence-electron chi connectivity index (χ3n) is 5.18. The topological polar surface area (TPSA) is 49.6 Å². The Morgan fingerprint density at radius 2 is 1.81 bits per heavy atom. The van der Waals surface area contributed by atoms with Gasteiger partial charge in [0.25, 0.3) is 5.91 Å². The highest BCUT2D eigenvalue weighted by Crippen LogP contribution is 2.14. The van der Waals surface area contributed by atoms with E-state index in [4.69, 9.17) is 0 Å². The number of carbonyl (C=O) groups excluding carboxylic acids is 1. The van der Waals surface area contributed by atoms with Crippen molar-refractivity contribution in [2.45, 2.75) is 39.3 Å². The van der Waals surface area contributed by atoms with Crippen LogP contribution < -0.4 is 5.32 Å². The summed E-state index contributed by atoms with van der Waals surface area (Å²) < 4.78 is 1.87. The summed E-state index contributed by atoms with van der Waals surface area (Å²) >= 11 is 0. The standard InChI is InChI=1S/C22H26N4O/c1-17-9-12-26-16-20(24-21(26)13-17)22(27)23-14-18-5-7-19(8-6-18)15-25-10-3-2-4-11-25/h5-9,12-13,16H,2-4,10-11,14-15H2,1H3,(H,23,27). The fraction of sp³-hybridized carbons (Fsp3) is 0.364. The molecule has 4 rings (SSSR count). The van der Waals surface area contributed by atoms with Crippen molar-refractivity contribution in [3.05, 3.63) is 71.2 Å². The number of likely N-dealkylation sites (tertiary alicyclic amines) is 1. The number of nitrogens with zero attached hydrogens (tertiary/aromatic N) is 3. The summed E-state index contributed by atoms with van der Waals surface area (Å²) in [5, 5.41) is 2.97. The van der Waals surface area contributed by atoms with E-state index in [0.29, 0.717) is 12.2 Å². The van der Waals surface area contributed by atoms with Gasteiger partial charge in [0.05, 0.1) is 0 Å². The van der Waals surface area contributed by atoms with Crippen LogP contribution in [0.15, 0.2) is 48.8 Å². The maximum absolute atomic E-state index is 12.4. The van der Waals surface area contributed by atoms with Gasteiger partial charge in [0.2, 0.25) is 0 Å². The van der Waals surface area contributed by atoms with E-state index in [1.54, 1.807) is 6.20 Å². The van der Waals surface area contributed by atoms with Crippen LogP contribution in [0.5, 0.6) is 0 Å². The van der Waals surface area contributed by atoms with E-state index in [1.165, 1.54) is 37.9 Å².